The Morgan fingerprint density at radius 3 is 2.50 bits per heavy atom. The molecule has 1 aromatic heterocycles. The highest BCUT2D eigenvalue weighted by molar-refractivity contribution is 14.0. The predicted molar refractivity (Wildman–Crippen MR) is 109 cm³/mol. The molecule has 0 spiro atoms. The van der Waals surface area contributed by atoms with E-state index in [0.29, 0.717) is 6.54 Å². The van der Waals surface area contributed by atoms with Gasteiger partial charge in [0.2, 0.25) is 0 Å². The third-order valence-corrected chi connectivity index (χ3v) is 4.61. The van der Waals surface area contributed by atoms with Crippen LogP contribution >= 0.6 is 24.0 Å². The number of guanidine groups is 1. The Balaban J connectivity index is 0.00000208. The molecule has 5 heteroatoms. The zero-order valence-electron chi connectivity index (χ0n) is 14.1. The summed E-state index contributed by atoms with van der Waals surface area (Å²) in [6, 6.07) is 14.7. The van der Waals surface area contributed by atoms with Crippen LogP contribution in [0.5, 0.6) is 0 Å². The van der Waals surface area contributed by atoms with E-state index in [1.807, 2.05) is 12.1 Å². The summed E-state index contributed by atoms with van der Waals surface area (Å²) in [7, 11) is 0. The average Bonchev–Trinajstić information content (AvgIpc) is 3.06. The molecule has 0 amide bonds. The molecule has 1 aromatic carbocycles. The first-order valence-electron chi connectivity index (χ1n) is 8.42. The fourth-order valence-corrected chi connectivity index (χ4v) is 3.12. The van der Waals surface area contributed by atoms with Crippen LogP contribution in [0.15, 0.2) is 58.1 Å². The summed E-state index contributed by atoms with van der Waals surface area (Å²) in [5, 5.41) is 6.84. The monoisotopic (exact) mass is 439 g/mol. The van der Waals surface area contributed by atoms with Crippen molar-refractivity contribution >= 4 is 29.9 Å². The van der Waals surface area contributed by atoms with Gasteiger partial charge in [-0.2, -0.15) is 0 Å². The Labute approximate surface area is 161 Å². The van der Waals surface area contributed by atoms with Crippen LogP contribution in [0.25, 0.3) is 0 Å². The van der Waals surface area contributed by atoms with E-state index in [1.54, 1.807) is 6.26 Å². The van der Waals surface area contributed by atoms with Gasteiger partial charge in [0.05, 0.1) is 6.26 Å². The zero-order chi connectivity index (χ0) is 16.0. The highest BCUT2D eigenvalue weighted by atomic mass is 127. The minimum atomic E-state index is 0. The van der Waals surface area contributed by atoms with Crippen LogP contribution in [0, 0.1) is 0 Å². The van der Waals surface area contributed by atoms with Crippen molar-refractivity contribution in [3.05, 3.63) is 60.1 Å². The maximum Gasteiger partial charge on any atom is 0.191 e. The molecule has 0 atom stereocenters. The van der Waals surface area contributed by atoms with Crippen molar-refractivity contribution in [2.75, 3.05) is 13.1 Å². The molecule has 1 aliphatic carbocycles. The van der Waals surface area contributed by atoms with Gasteiger partial charge in [0.15, 0.2) is 5.96 Å². The van der Waals surface area contributed by atoms with Crippen molar-refractivity contribution < 1.29 is 4.42 Å². The van der Waals surface area contributed by atoms with Crippen molar-refractivity contribution in [3.8, 4) is 0 Å². The minimum Gasteiger partial charge on any atom is -0.467 e. The van der Waals surface area contributed by atoms with Crippen LogP contribution in [-0.2, 0) is 12.0 Å². The molecular weight excluding hydrogens is 413 g/mol. The lowest BCUT2D eigenvalue weighted by Gasteiger charge is -2.43. The van der Waals surface area contributed by atoms with E-state index < -0.39 is 0 Å². The molecule has 24 heavy (non-hydrogen) atoms. The smallest absolute Gasteiger partial charge is 0.191 e. The van der Waals surface area contributed by atoms with Crippen LogP contribution in [0.1, 0.15) is 37.5 Å². The van der Waals surface area contributed by atoms with Gasteiger partial charge < -0.3 is 15.1 Å². The van der Waals surface area contributed by atoms with Gasteiger partial charge in [-0.3, -0.25) is 0 Å². The van der Waals surface area contributed by atoms with Crippen molar-refractivity contribution in [1.82, 2.24) is 10.6 Å². The van der Waals surface area contributed by atoms with E-state index in [2.05, 4.69) is 52.9 Å². The van der Waals surface area contributed by atoms with Crippen LogP contribution in [0.4, 0.5) is 0 Å². The van der Waals surface area contributed by atoms with E-state index in [1.165, 1.54) is 24.8 Å². The van der Waals surface area contributed by atoms with Gasteiger partial charge in [0.1, 0.15) is 12.3 Å². The number of benzene rings is 1. The van der Waals surface area contributed by atoms with E-state index in [9.17, 15) is 0 Å². The molecule has 0 saturated heterocycles. The second-order valence-corrected chi connectivity index (χ2v) is 6.13. The largest absolute Gasteiger partial charge is 0.467 e. The number of aliphatic imine (C=N–C) groups is 1. The molecule has 0 aliphatic heterocycles. The topological polar surface area (TPSA) is 49.6 Å². The number of halogens is 1. The van der Waals surface area contributed by atoms with Crippen molar-refractivity contribution in [1.29, 1.82) is 0 Å². The first kappa shape index (κ1) is 18.8. The summed E-state index contributed by atoms with van der Waals surface area (Å²) in [6.45, 7) is 4.41. The van der Waals surface area contributed by atoms with E-state index >= 15 is 0 Å². The first-order chi connectivity index (χ1) is 11.3. The molecule has 2 N–H and O–H groups in total. The lowest BCUT2D eigenvalue weighted by molar-refractivity contribution is 0.244. The lowest BCUT2D eigenvalue weighted by atomic mass is 9.64. The summed E-state index contributed by atoms with van der Waals surface area (Å²) in [4.78, 5) is 4.61. The van der Waals surface area contributed by atoms with Gasteiger partial charge in [0, 0.05) is 18.5 Å². The summed E-state index contributed by atoms with van der Waals surface area (Å²) >= 11 is 0. The predicted octanol–water partition coefficient (Wildman–Crippen LogP) is 4.07. The lowest BCUT2D eigenvalue weighted by Crippen LogP contribution is -2.48. The van der Waals surface area contributed by atoms with Crippen molar-refractivity contribution in [2.45, 2.75) is 38.1 Å². The van der Waals surface area contributed by atoms with Gasteiger partial charge in [-0.05, 0) is 37.5 Å². The maximum atomic E-state index is 5.35. The fraction of sp³-hybridized carbons (Fsp3) is 0.421. The number of nitrogens with one attached hydrogen (secondary N) is 2. The maximum absolute atomic E-state index is 5.35. The van der Waals surface area contributed by atoms with Gasteiger partial charge in [-0.15, -0.1) is 24.0 Å². The minimum absolute atomic E-state index is 0. The summed E-state index contributed by atoms with van der Waals surface area (Å²) in [5.41, 5.74) is 1.68. The van der Waals surface area contributed by atoms with Crippen LogP contribution < -0.4 is 10.6 Å². The summed E-state index contributed by atoms with van der Waals surface area (Å²) in [5.74, 6) is 1.73. The Hall–Kier alpha value is -1.50. The molecular formula is C19H26IN3O. The van der Waals surface area contributed by atoms with E-state index in [0.717, 1.165) is 24.8 Å². The average molecular weight is 439 g/mol. The second-order valence-electron chi connectivity index (χ2n) is 6.13. The molecule has 0 bridgehead atoms. The van der Waals surface area contributed by atoms with Crippen molar-refractivity contribution in [3.63, 3.8) is 0 Å². The number of hydrogen-bond donors (Lipinski definition) is 2. The Morgan fingerprint density at radius 2 is 1.92 bits per heavy atom. The SMILES string of the molecule is CCNC(=NCc1ccco1)NCC1(c2ccccc2)CCC1.I. The molecule has 130 valence electrons. The molecule has 0 radical (unpaired) electrons. The van der Waals surface area contributed by atoms with Crippen LogP contribution in [0.3, 0.4) is 0 Å². The number of hydrogen-bond acceptors (Lipinski definition) is 2. The quantitative estimate of drug-likeness (QED) is 0.405. The zero-order valence-corrected chi connectivity index (χ0v) is 16.5. The number of furan rings is 1. The van der Waals surface area contributed by atoms with Gasteiger partial charge in [-0.25, -0.2) is 4.99 Å². The molecule has 4 nitrogen and oxygen atoms in total. The van der Waals surface area contributed by atoms with E-state index in [4.69, 9.17) is 4.42 Å². The Bertz CT molecular complexity index is 621. The highest BCUT2D eigenvalue weighted by Crippen LogP contribution is 2.43. The third kappa shape index (κ3) is 4.53. The molecule has 1 aliphatic rings. The molecule has 0 unspecified atom stereocenters. The summed E-state index contributed by atoms with van der Waals surface area (Å²) < 4.78 is 5.35. The molecule has 3 rings (SSSR count). The molecule has 1 fully saturated rings. The standard InChI is InChI=1S/C19H25N3O.HI/c1-2-20-18(21-14-17-10-6-13-23-17)22-15-19(11-7-12-19)16-8-4-3-5-9-16;/h3-6,8-10,13H,2,7,11-12,14-15H2,1H3,(H2,20,21,22);1H. The van der Waals surface area contributed by atoms with Gasteiger partial charge in [0.25, 0.3) is 0 Å². The third-order valence-electron chi connectivity index (χ3n) is 4.61. The van der Waals surface area contributed by atoms with E-state index in [-0.39, 0.29) is 29.4 Å². The molecule has 1 heterocycles. The van der Waals surface area contributed by atoms with Gasteiger partial charge in [-0.1, -0.05) is 36.8 Å². The number of nitrogens with zero attached hydrogens (tertiary/aromatic N) is 1. The second kappa shape index (κ2) is 9.11. The summed E-state index contributed by atoms with van der Waals surface area (Å²) in [6.07, 6.45) is 5.46. The first-order valence-corrected chi connectivity index (χ1v) is 8.42. The molecule has 1 saturated carbocycles. The highest BCUT2D eigenvalue weighted by Gasteiger charge is 2.38. The van der Waals surface area contributed by atoms with Crippen LogP contribution in [-0.4, -0.2) is 19.0 Å². The van der Waals surface area contributed by atoms with Gasteiger partial charge >= 0.3 is 0 Å². The number of rotatable bonds is 6. The Kier molecular flexibility index (Phi) is 7.15. The normalized spacial score (nSPS) is 16.0. The van der Waals surface area contributed by atoms with Crippen molar-refractivity contribution in [2.24, 2.45) is 4.99 Å². The Morgan fingerprint density at radius 1 is 1.12 bits per heavy atom. The van der Waals surface area contributed by atoms with Crippen LogP contribution in [0.2, 0.25) is 0 Å². The molecule has 2 aromatic rings. The fourth-order valence-electron chi connectivity index (χ4n) is 3.12.